The molecule has 0 atom stereocenters. The minimum atomic E-state index is 0.148. The van der Waals surface area contributed by atoms with Gasteiger partial charge in [0.2, 0.25) is 5.91 Å². The second-order valence-electron chi connectivity index (χ2n) is 8.12. The van der Waals surface area contributed by atoms with E-state index >= 15 is 0 Å². The zero-order valence-electron chi connectivity index (χ0n) is 16.5. The molecule has 3 aliphatic rings. The Balaban J connectivity index is 1.63. The smallest absolute Gasteiger partial charge is 0.219 e. The van der Waals surface area contributed by atoms with Crippen LogP contribution < -0.4 is 5.32 Å². The SMILES string of the molecule is CC(=O)N1CCc2c(c(-c3cccc4c3CCNC4)nn2C2CCOCC2)C1. The lowest BCUT2D eigenvalue weighted by molar-refractivity contribution is -0.129. The van der Waals surface area contributed by atoms with Crippen molar-refractivity contribution in [2.75, 3.05) is 26.3 Å². The lowest BCUT2D eigenvalue weighted by Crippen LogP contribution is -2.35. The van der Waals surface area contributed by atoms with Gasteiger partial charge in [-0.25, -0.2) is 0 Å². The maximum atomic E-state index is 12.1. The van der Waals surface area contributed by atoms with Crippen LogP contribution in [0.4, 0.5) is 0 Å². The van der Waals surface area contributed by atoms with Gasteiger partial charge in [0.25, 0.3) is 0 Å². The summed E-state index contributed by atoms with van der Waals surface area (Å²) in [5.74, 6) is 0.148. The Labute approximate surface area is 165 Å². The quantitative estimate of drug-likeness (QED) is 0.870. The molecule has 28 heavy (non-hydrogen) atoms. The zero-order valence-corrected chi connectivity index (χ0v) is 16.5. The normalized spacial score (nSPS) is 20.0. The summed E-state index contributed by atoms with van der Waals surface area (Å²) in [6.07, 6.45) is 3.94. The van der Waals surface area contributed by atoms with Crippen molar-refractivity contribution in [2.45, 2.75) is 51.7 Å². The maximum absolute atomic E-state index is 12.1. The molecule has 6 heteroatoms. The third-order valence-corrected chi connectivity index (χ3v) is 6.46. The van der Waals surface area contributed by atoms with Crippen molar-refractivity contribution in [3.05, 3.63) is 40.6 Å². The van der Waals surface area contributed by atoms with E-state index in [1.807, 2.05) is 4.90 Å². The van der Waals surface area contributed by atoms with Crippen molar-refractivity contribution in [2.24, 2.45) is 0 Å². The molecule has 4 heterocycles. The number of hydrogen-bond donors (Lipinski definition) is 1. The minimum Gasteiger partial charge on any atom is -0.381 e. The molecule has 1 fully saturated rings. The number of carbonyl (C=O) groups is 1. The van der Waals surface area contributed by atoms with Crippen molar-refractivity contribution in [3.8, 4) is 11.3 Å². The second kappa shape index (κ2) is 7.33. The van der Waals surface area contributed by atoms with Gasteiger partial charge < -0.3 is 15.0 Å². The monoisotopic (exact) mass is 380 g/mol. The van der Waals surface area contributed by atoms with Crippen LogP contribution in [0, 0.1) is 0 Å². The van der Waals surface area contributed by atoms with Crippen LogP contribution in [0.15, 0.2) is 18.2 Å². The lowest BCUT2D eigenvalue weighted by atomic mass is 9.91. The summed E-state index contributed by atoms with van der Waals surface area (Å²) in [6.45, 7) is 6.67. The Morgan fingerprint density at radius 1 is 1.21 bits per heavy atom. The van der Waals surface area contributed by atoms with Crippen molar-refractivity contribution in [1.29, 1.82) is 0 Å². The topological polar surface area (TPSA) is 59.4 Å². The summed E-state index contributed by atoms with van der Waals surface area (Å²) in [7, 11) is 0. The Morgan fingerprint density at radius 3 is 2.89 bits per heavy atom. The van der Waals surface area contributed by atoms with E-state index in [1.54, 1.807) is 6.92 Å². The first kappa shape index (κ1) is 17.9. The van der Waals surface area contributed by atoms with Gasteiger partial charge in [0.05, 0.1) is 11.7 Å². The van der Waals surface area contributed by atoms with Gasteiger partial charge in [0.15, 0.2) is 0 Å². The first-order chi connectivity index (χ1) is 13.7. The summed E-state index contributed by atoms with van der Waals surface area (Å²) in [5.41, 5.74) is 7.71. The van der Waals surface area contributed by atoms with E-state index in [4.69, 9.17) is 9.84 Å². The molecule has 1 aromatic carbocycles. The summed E-state index contributed by atoms with van der Waals surface area (Å²) in [4.78, 5) is 14.0. The Morgan fingerprint density at radius 2 is 2.07 bits per heavy atom. The van der Waals surface area contributed by atoms with Crippen LogP contribution in [0.2, 0.25) is 0 Å². The number of nitrogens with zero attached hydrogens (tertiary/aromatic N) is 3. The van der Waals surface area contributed by atoms with Gasteiger partial charge in [0, 0.05) is 63.0 Å². The number of aromatic nitrogens is 2. The van der Waals surface area contributed by atoms with Gasteiger partial charge in [-0.1, -0.05) is 18.2 Å². The van der Waals surface area contributed by atoms with Gasteiger partial charge in [0.1, 0.15) is 0 Å². The van der Waals surface area contributed by atoms with E-state index in [9.17, 15) is 4.79 Å². The van der Waals surface area contributed by atoms with Crippen molar-refractivity contribution >= 4 is 5.91 Å². The molecule has 6 nitrogen and oxygen atoms in total. The molecule has 3 aliphatic heterocycles. The van der Waals surface area contributed by atoms with Crippen molar-refractivity contribution < 1.29 is 9.53 Å². The first-order valence-corrected chi connectivity index (χ1v) is 10.5. The van der Waals surface area contributed by atoms with Crippen LogP contribution in [0.25, 0.3) is 11.3 Å². The van der Waals surface area contributed by atoms with Gasteiger partial charge in [-0.3, -0.25) is 9.48 Å². The predicted octanol–water partition coefficient (Wildman–Crippen LogP) is 2.45. The van der Waals surface area contributed by atoms with Gasteiger partial charge in [-0.2, -0.15) is 5.10 Å². The van der Waals surface area contributed by atoms with E-state index in [0.29, 0.717) is 12.6 Å². The fourth-order valence-corrected chi connectivity index (χ4v) is 4.92. The van der Waals surface area contributed by atoms with Crippen LogP contribution in [0.1, 0.15) is 48.2 Å². The molecule has 148 valence electrons. The van der Waals surface area contributed by atoms with Gasteiger partial charge in [-0.05, 0) is 36.9 Å². The van der Waals surface area contributed by atoms with E-state index in [1.165, 1.54) is 27.9 Å². The van der Waals surface area contributed by atoms with Gasteiger partial charge >= 0.3 is 0 Å². The fraction of sp³-hybridized carbons (Fsp3) is 0.545. The first-order valence-electron chi connectivity index (χ1n) is 10.5. The Kier molecular flexibility index (Phi) is 4.69. The van der Waals surface area contributed by atoms with E-state index in [-0.39, 0.29) is 5.91 Å². The Hall–Kier alpha value is -2.18. The summed E-state index contributed by atoms with van der Waals surface area (Å²) in [6, 6.07) is 6.98. The second-order valence-corrected chi connectivity index (χ2v) is 8.12. The average Bonchev–Trinajstić information content (AvgIpc) is 3.12. The molecule has 1 saturated heterocycles. The number of nitrogens with one attached hydrogen (secondary N) is 1. The molecule has 0 aliphatic carbocycles. The third-order valence-electron chi connectivity index (χ3n) is 6.46. The highest BCUT2D eigenvalue weighted by Gasteiger charge is 2.31. The largest absolute Gasteiger partial charge is 0.381 e. The Bertz CT molecular complexity index is 898. The summed E-state index contributed by atoms with van der Waals surface area (Å²) < 4.78 is 7.86. The molecule has 1 N–H and O–H groups in total. The summed E-state index contributed by atoms with van der Waals surface area (Å²) in [5, 5.41) is 8.66. The van der Waals surface area contributed by atoms with E-state index in [2.05, 4.69) is 28.2 Å². The zero-order chi connectivity index (χ0) is 19.1. The molecule has 5 rings (SSSR count). The van der Waals surface area contributed by atoms with Crippen molar-refractivity contribution in [1.82, 2.24) is 20.0 Å². The molecular weight excluding hydrogens is 352 g/mol. The molecule has 2 aromatic rings. The van der Waals surface area contributed by atoms with Crippen LogP contribution in [0.3, 0.4) is 0 Å². The standard InChI is InChI=1S/C22H28N4O2/c1-15(27)25-10-6-21-20(14-25)22(24-26(21)17-7-11-28-12-8-17)19-4-2-3-16-13-23-9-5-18(16)19/h2-4,17,23H,5-14H2,1H3. The highest BCUT2D eigenvalue weighted by molar-refractivity contribution is 5.75. The lowest BCUT2D eigenvalue weighted by Gasteiger charge is -2.29. The number of hydrogen-bond acceptors (Lipinski definition) is 4. The van der Waals surface area contributed by atoms with Crippen molar-refractivity contribution in [3.63, 3.8) is 0 Å². The number of rotatable bonds is 2. The highest BCUT2D eigenvalue weighted by Crippen LogP contribution is 2.36. The molecule has 0 unspecified atom stereocenters. The number of amides is 1. The molecule has 0 saturated carbocycles. The highest BCUT2D eigenvalue weighted by atomic mass is 16.5. The van der Waals surface area contributed by atoms with E-state index < -0.39 is 0 Å². The minimum absolute atomic E-state index is 0.148. The molecular formula is C22H28N4O2. The third kappa shape index (κ3) is 3.05. The molecule has 0 radical (unpaired) electrons. The van der Waals surface area contributed by atoms with Crippen LogP contribution in [-0.2, 0) is 35.5 Å². The number of fused-ring (bicyclic) bond motifs is 2. The molecule has 0 bridgehead atoms. The predicted molar refractivity (Wildman–Crippen MR) is 107 cm³/mol. The van der Waals surface area contributed by atoms with E-state index in [0.717, 1.165) is 64.2 Å². The summed E-state index contributed by atoms with van der Waals surface area (Å²) >= 11 is 0. The molecule has 0 spiro atoms. The molecule has 1 aromatic heterocycles. The number of carbonyl (C=O) groups excluding carboxylic acids is 1. The van der Waals surface area contributed by atoms with Crippen LogP contribution in [-0.4, -0.2) is 46.9 Å². The van der Waals surface area contributed by atoms with Crippen LogP contribution >= 0.6 is 0 Å². The van der Waals surface area contributed by atoms with Gasteiger partial charge in [-0.15, -0.1) is 0 Å². The maximum Gasteiger partial charge on any atom is 0.219 e. The average molecular weight is 380 g/mol. The number of ether oxygens (including phenoxy) is 1. The fourth-order valence-electron chi connectivity index (χ4n) is 4.92. The molecule has 1 amide bonds. The number of benzene rings is 1. The van der Waals surface area contributed by atoms with Crippen LogP contribution in [0.5, 0.6) is 0 Å².